The zero-order chi connectivity index (χ0) is 21.8. The molecule has 2 N–H and O–H groups in total. The Morgan fingerprint density at radius 2 is 1.71 bits per heavy atom. The predicted octanol–water partition coefficient (Wildman–Crippen LogP) is 2.39. The first-order valence-corrected chi connectivity index (χ1v) is 10.5. The van der Waals surface area contributed by atoms with Gasteiger partial charge in [0.05, 0.1) is 6.42 Å². The van der Waals surface area contributed by atoms with Crippen LogP contribution in [0, 0.1) is 5.82 Å². The number of benzene rings is 2. The lowest BCUT2D eigenvalue weighted by Crippen LogP contribution is -2.56. The van der Waals surface area contributed by atoms with Gasteiger partial charge in [-0.25, -0.2) is 9.38 Å². The first-order valence-electron chi connectivity index (χ1n) is 10.5. The van der Waals surface area contributed by atoms with E-state index in [1.54, 1.807) is 12.1 Å². The van der Waals surface area contributed by atoms with Crippen LogP contribution in [-0.4, -0.2) is 54.9 Å². The molecular formula is C23H26FN5O2. The molecule has 2 aromatic carbocycles. The Labute approximate surface area is 180 Å². The van der Waals surface area contributed by atoms with Crippen LogP contribution in [0.2, 0.25) is 0 Å². The second-order valence-corrected chi connectivity index (χ2v) is 7.71. The number of aryl methyl sites for hydroxylation is 1. The number of aliphatic imine (C=N–C) groups is 1. The highest BCUT2D eigenvalue weighted by Crippen LogP contribution is 2.18. The Bertz CT molecular complexity index is 966. The van der Waals surface area contributed by atoms with E-state index in [0.29, 0.717) is 37.8 Å². The summed E-state index contributed by atoms with van der Waals surface area (Å²) in [5.74, 6) is -0.322. The Morgan fingerprint density at radius 3 is 2.35 bits per heavy atom. The van der Waals surface area contributed by atoms with Crippen LogP contribution in [0.25, 0.3) is 0 Å². The molecule has 4 rings (SSSR count). The van der Waals surface area contributed by atoms with E-state index in [0.717, 1.165) is 12.1 Å². The number of hydrogen-bond acceptors (Lipinski definition) is 5. The maximum absolute atomic E-state index is 13.2. The van der Waals surface area contributed by atoms with Crippen molar-refractivity contribution in [3.8, 4) is 0 Å². The summed E-state index contributed by atoms with van der Waals surface area (Å²) in [4.78, 5) is 33.6. The number of hydrogen-bond donors (Lipinski definition) is 2. The molecule has 2 aromatic rings. The van der Waals surface area contributed by atoms with Crippen molar-refractivity contribution in [3.05, 3.63) is 59.9 Å². The smallest absolute Gasteiger partial charge is 0.249 e. The van der Waals surface area contributed by atoms with Crippen molar-refractivity contribution in [2.75, 3.05) is 36.4 Å². The quantitative estimate of drug-likeness (QED) is 0.792. The second-order valence-electron chi connectivity index (χ2n) is 7.71. The van der Waals surface area contributed by atoms with E-state index in [4.69, 9.17) is 0 Å². The number of nitrogens with zero attached hydrogens (tertiary/aromatic N) is 3. The third kappa shape index (κ3) is 5.02. The average molecular weight is 423 g/mol. The number of nitrogens with one attached hydrogen (secondary N) is 2. The van der Waals surface area contributed by atoms with Crippen LogP contribution in [-0.2, 0) is 16.0 Å². The first kappa shape index (κ1) is 20.8. The minimum Gasteiger partial charge on any atom is -0.368 e. The maximum atomic E-state index is 13.2. The van der Waals surface area contributed by atoms with Gasteiger partial charge in [0.2, 0.25) is 17.8 Å². The third-order valence-corrected chi connectivity index (χ3v) is 5.61. The lowest BCUT2D eigenvalue weighted by molar-refractivity contribution is -0.125. The summed E-state index contributed by atoms with van der Waals surface area (Å²) in [5.41, 5.74) is 2.84. The third-order valence-electron chi connectivity index (χ3n) is 5.61. The Morgan fingerprint density at radius 1 is 1.06 bits per heavy atom. The van der Waals surface area contributed by atoms with E-state index < -0.39 is 6.04 Å². The van der Waals surface area contributed by atoms with Gasteiger partial charge in [-0.1, -0.05) is 19.1 Å². The molecule has 0 aromatic heterocycles. The topological polar surface area (TPSA) is 77.0 Å². The number of guanidine groups is 1. The molecule has 2 heterocycles. The van der Waals surface area contributed by atoms with Crippen molar-refractivity contribution in [2.45, 2.75) is 25.8 Å². The molecule has 0 spiro atoms. The summed E-state index contributed by atoms with van der Waals surface area (Å²) >= 11 is 0. The molecule has 0 radical (unpaired) electrons. The predicted molar refractivity (Wildman–Crippen MR) is 119 cm³/mol. The van der Waals surface area contributed by atoms with Gasteiger partial charge in [0, 0.05) is 37.6 Å². The summed E-state index contributed by atoms with van der Waals surface area (Å²) in [7, 11) is 0. The zero-order valence-corrected chi connectivity index (χ0v) is 17.5. The van der Waals surface area contributed by atoms with Crippen LogP contribution in [0.4, 0.5) is 15.8 Å². The van der Waals surface area contributed by atoms with Crippen molar-refractivity contribution >= 4 is 29.1 Å². The monoisotopic (exact) mass is 423 g/mol. The molecule has 162 valence electrons. The van der Waals surface area contributed by atoms with Gasteiger partial charge in [-0.2, -0.15) is 0 Å². The number of halogens is 1. The average Bonchev–Trinajstić information content (AvgIpc) is 2.80. The Hall–Kier alpha value is -3.42. The summed E-state index contributed by atoms with van der Waals surface area (Å²) in [6.45, 7) is 4.78. The van der Waals surface area contributed by atoms with Gasteiger partial charge in [-0.3, -0.25) is 14.9 Å². The van der Waals surface area contributed by atoms with Gasteiger partial charge in [0.25, 0.3) is 0 Å². The minimum atomic E-state index is -0.760. The fourth-order valence-corrected chi connectivity index (χ4v) is 3.77. The molecule has 0 saturated carbocycles. The number of amides is 2. The van der Waals surface area contributed by atoms with Crippen LogP contribution in [0.15, 0.2) is 53.5 Å². The van der Waals surface area contributed by atoms with E-state index >= 15 is 0 Å². The second kappa shape index (κ2) is 9.16. The Kier molecular flexibility index (Phi) is 6.16. The number of carbonyl (C=O) groups is 2. The van der Waals surface area contributed by atoms with Gasteiger partial charge < -0.3 is 15.1 Å². The summed E-state index contributed by atoms with van der Waals surface area (Å²) in [5, 5.41) is 5.66. The van der Waals surface area contributed by atoms with Gasteiger partial charge in [-0.05, 0) is 48.4 Å². The molecule has 1 fully saturated rings. The van der Waals surface area contributed by atoms with Crippen molar-refractivity contribution in [1.82, 2.24) is 10.2 Å². The highest BCUT2D eigenvalue weighted by atomic mass is 19.1. The number of carbonyl (C=O) groups excluding carboxylic acids is 2. The zero-order valence-electron chi connectivity index (χ0n) is 17.5. The van der Waals surface area contributed by atoms with E-state index in [1.165, 1.54) is 17.7 Å². The van der Waals surface area contributed by atoms with E-state index in [-0.39, 0.29) is 24.1 Å². The van der Waals surface area contributed by atoms with Crippen molar-refractivity contribution in [1.29, 1.82) is 0 Å². The summed E-state index contributed by atoms with van der Waals surface area (Å²) in [6.07, 6.45) is 0.955. The summed E-state index contributed by atoms with van der Waals surface area (Å²) < 4.78 is 13.2. The number of piperazine rings is 1. The number of rotatable bonds is 4. The van der Waals surface area contributed by atoms with Gasteiger partial charge in [0.1, 0.15) is 11.9 Å². The lowest BCUT2D eigenvalue weighted by Gasteiger charge is -2.38. The fourth-order valence-electron chi connectivity index (χ4n) is 3.77. The van der Waals surface area contributed by atoms with Crippen LogP contribution < -0.4 is 15.5 Å². The molecule has 2 aliphatic heterocycles. The van der Waals surface area contributed by atoms with Crippen LogP contribution >= 0.6 is 0 Å². The van der Waals surface area contributed by atoms with E-state index in [9.17, 15) is 14.0 Å². The summed E-state index contributed by atoms with van der Waals surface area (Å²) in [6, 6.07) is 13.3. The largest absolute Gasteiger partial charge is 0.368 e. The van der Waals surface area contributed by atoms with Gasteiger partial charge in [0.15, 0.2) is 0 Å². The molecule has 0 aliphatic carbocycles. The first-order chi connectivity index (χ1) is 15.0. The van der Waals surface area contributed by atoms with Crippen LogP contribution in [0.1, 0.15) is 18.9 Å². The molecule has 0 unspecified atom stereocenters. The maximum Gasteiger partial charge on any atom is 0.249 e. The highest BCUT2D eigenvalue weighted by Gasteiger charge is 2.30. The van der Waals surface area contributed by atoms with Crippen molar-refractivity contribution < 1.29 is 14.0 Å². The molecule has 2 aliphatic rings. The molecule has 2 amide bonds. The molecule has 1 atom stereocenters. The standard InChI is InChI=1S/C23H26FN5O2/c1-2-16-3-7-18(8-4-16)25-22(31)20-15-21(30)27-23(26-20)29-13-11-28(12-14-29)19-9-5-17(24)6-10-19/h3-10,20H,2,11-15H2,1H3,(H,25,31)(H,26,27,30)/t20-/m0/s1. The van der Waals surface area contributed by atoms with Crippen LogP contribution in [0.3, 0.4) is 0 Å². The molecule has 0 bridgehead atoms. The van der Waals surface area contributed by atoms with Gasteiger partial charge >= 0.3 is 0 Å². The van der Waals surface area contributed by atoms with Crippen LogP contribution in [0.5, 0.6) is 0 Å². The number of anilines is 2. The molecule has 1 saturated heterocycles. The Balaban J connectivity index is 1.39. The lowest BCUT2D eigenvalue weighted by atomic mass is 10.1. The van der Waals surface area contributed by atoms with E-state index in [2.05, 4.69) is 27.4 Å². The molecular weight excluding hydrogens is 397 g/mol. The molecule has 8 heteroatoms. The fraction of sp³-hybridized carbons (Fsp3) is 0.348. The highest BCUT2D eigenvalue weighted by molar-refractivity contribution is 6.06. The van der Waals surface area contributed by atoms with Gasteiger partial charge in [-0.15, -0.1) is 0 Å². The van der Waals surface area contributed by atoms with Crippen molar-refractivity contribution in [3.63, 3.8) is 0 Å². The normalized spacial score (nSPS) is 19.0. The van der Waals surface area contributed by atoms with Crippen molar-refractivity contribution in [2.24, 2.45) is 4.99 Å². The minimum absolute atomic E-state index is 0.0257. The van der Waals surface area contributed by atoms with E-state index in [1.807, 2.05) is 29.2 Å². The SMILES string of the molecule is CCc1ccc(NC(=O)[C@@H]2CC(=O)NC(N3CCN(c4ccc(F)cc4)CC3)=N2)cc1. The molecule has 31 heavy (non-hydrogen) atoms. The molecule has 7 nitrogen and oxygen atoms in total.